The van der Waals surface area contributed by atoms with E-state index in [1.807, 2.05) is 55.1 Å². The standard InChI is InChI=1S/C19H28N2O3/c1-18(23)10-13-24-19(14-18)8-11-21(12-9-19)17(22)15-4-6-16(7-5-15)20(2)3/h4-7,23H,8-14H2,1-3H3. The van der Waals surface area contributed by atoms with Crippen LogP contribution >= 0.6 is 0 Å². The Morgan fingerprint density at radius 1 is 1.17 bits per heavy atom. The molecular weight excluding hydrogens is 304 g/mol. The highest BCUT2D eigenvalue weighted by molar-refractivity contribution is 5.94. The van der Waals surface area contributed by atoms with Crippen LogP contribution in [0.5, 0.6) is 0 Å². The van der Waals surface area contributed by atoms with Crippen molar-refractivity contribution in [3.8, 4) is 0 Å². The lowest BCUT2D eigenvalue weighted by atomic mass is 9.78. The van der Waals surface area contributed by atoms with Gasteiger partial charge in [0, 0.05) is 44.9 Å². The van der Waals surface area contributed by atoms with Crippen LogP contribution in [0.3, 0.4) is 0 Å². The summed E-state index contributed by atoms with van der Waals surface area (Å²) in [6.07, 6.45) is 2.95. The number of rotatable bonds is 2. The molecule has 3 rings (SSSR count). The lowest BCUT2D eigenvalue weighted by Gasteiger charge is -2.48. The molecule has 1 aromatic carbocycles. The first-order valence-electron chi connectivity index (χ1n) is 8.73. The van der Waals surface area contributed by atoms with Gasteiger partial charge in [0.05, 0.1) is 17.8 Å². The van der Waals surface area contributed by atoms with Gasteiger partial charge < -0.3 is 19.6 Å². The molecule has 0 saturated carbocycles. The fourth-order valence-electron chi connectivity index (χ4n) is 3.84. The number of carbonyl (C=O) groups is 1. The van der Waals surface area contributed by atoms with Crippen molar-refractivity contribution < 1.29 is 14.6 Å². The number of ether oxygens (including phenoxy) is 1. The van der Waals surface area contributed by atoms with Gasteiger partial charge in [-0.15, -0.1) is 0 Å². The number of carbonyl (C=O) groups excluding carboxylic acids is 1. The third-order valence-electron chi connectivity index (χ3n) is 5.34. The van der Waals surface area contributed by atoms with E-state index in [0.717, 1.165) is 24.1 Å². The van der Waals surface area contributed by atoms with Crippen LogP contribution in [0, 0.1) is 0 Å². The first kappa shape index (κ1) is 17.2. The zero-order valence-electron chi connectivity index (χ0n) is 14.9. The fourth-order valence-corrected chi connectivity index (χ4v) is 3.84. The van der Waals surface area contributed by atoms with Gasteiger partial charge in [0.25, 0.3) is 5.91 Å². The predicted molar refractivity (Wildman–Crippen MR) is 94.4 cm³/mol. The van der Waals surface area contributed by atoms with E-state index in [4.69, 9.17) is 4.74 Å². The zero-order chi connectivity index (χ0) is 17.4. The fraction of sp³-hybridized carbons (Fsp3) is 0.632. The molecule has 2 fully saturated rings. The first-order chi connectivity index (χ1) is 11.3. The van der Waals surface area contributed by atoms with Crippen molar-refractivity contribution in [1.82, 2.24) is 4.90 Å². The van der Waals surface area contributed by atoms with E-state index in [2.05, 4.69) is 0 Å². The Kier molecular flexibility index (Phi) is 4.58. The molecule has 2 aliphatic rings. The SMILES string of the molecule is CN(C)c1ccc(C(=O)N2CCC3(CC2)CC(C)(O)CCO3)cc1. The number of amides is 1. The molecule has 132 valence electrons. The summed E-state index contributed by atoms with van der Waals surface area (Å²) in [5.41, 5.74) is 0.912. The third-order valence-corrected chi connectivity index (χ3v) is 5.34. The first-order valence-corrected chi connectivity index (χ1v) is 8.73. The van der Waals surface area contributed by atoms with Crippen molar-refractivity contribution in [2.75, 3.05) is 38.7 Å². The van der Waals surface area contributed by atoms with E-state index < -0.39 is 5.60 Å². The van der Waals surface area contributed by atoms with Gasteiger partial charge in [-0.05, 0) is 50.5 Å². The minimum atomic E-state index is -0.646. The van der Waals surface area contributed by atoms with Crippen molar-refractivity contribution >= 4 is 11.6 Å². The Hall–Kier alpha value is -1.59. The van der Waals surface area contributed by atoms with Gasteiger partial charge in [0.15, 0.2) is 0 Å². The average molecular weight is 332 g/mol. The monoisotopic (exact) mass is 332 g/mol. The topological polar surface area (TPSA) is 53.0 Å². The molecule has 2 saturated heterocycles. The lowest BCUT2D eigenvalue weighted by molar-refractivity contribution is -0.170. The van der Waals surface area contributed by atoms with E-state index in [1.165, 1.54) is 0 Å². The highest BCUT2D eigenvalue weighted by Gasteiger charge is 2.44. The number of benzene rings is 1. The van der Waals surface area contributed by atoms with E-state index in [1.54, 1.807) is 0 Å². The second kappa shape index (κ2) is 6.37. The number of likely N-dealkylation sites (tertiary alicyclic amines) is 1. The van der Waals surface area contributed by atoms with Crippen molar-refractivity contribution in [3.05, 3.63) is 29.8 Å². The number of piperidine rings is 1. The Labute approximate surface area is 144 Å². The maximum absolute atomic E-state index is 12.7. The van der Waals surface area contributed by atoms with Crippen molar-refractivity contribution in [2.45, 2.75) is 43.8 Å². The highest BCUT2D eigenvalue weighted by atomic mass is 16.5. The minimum Gasteiger partial charge on any atom is -0.390 e. The number of anilines is 1. The number of hydrogen-bond acceptors (Lipinski definition) is 4. The normalized spacial score (nSPS) is 26.4. The van der Waals surface area contributed by atoms with E-state index in [-0.39, 0.29) is 11.5 Å². The molecule has 2 heterocycles. The van der Waals surface area contributed by atoms with Crippen molar-refractivity contribution in [1.29, 1.82) is 0 Å². The van der Waals surface area contributed by atoms with Crippen LogP contribution in [0.25, 0.3) is 0 Å². The van der Waals surface area contributed by atoms with Gasteiger partial charge in [-0.3, -0.25) is 4.79 Å². The molecule has 5 nitrogen and oxygen atoms in total. The molecule has 0 aromatic heterocycles. The molecule has 0 bridgehead atoms. The highest BCUT2D eigenvalue weighted by Crippen LogP contribution is 2.39. The van der Waals surface area contributed by atoms with E-state index >= 15 is 0 Å². The molecule has 5 heteroatoms. The quantitative estimate of drug-likeness (QED) is 0.903. The smallest absolute Gasteiger partial charge is 0.253 e. The maximum atomic E-state index is 12.7. The Bertz CT molecular complexity index is 587. The lowest BCUT2D eigenvalue weighted by Crippen LogP contribution is -2.54. The van der Waals surface area contributed by atoms with Gasteiger partial charge >= 0.3 is 0 Å². The third kappa shape index (κ3) is 3.57. The summed E-state index contributed by atoms with van der Waals surface area (Å²) < 4.78 is 6.01. The number of hydrogen-bond donors (Lipinski definition) is 1. The second-order valence-electron chi connectivity index (χ2n) is 7.69. The summed E-state index contributed by atoms with van der Waals surface area (Å²) >= 11 is 0. The summed E-state index contributed by atoms with van der Waals surface area (Å²) in [5, 5.41) is 10.4. The molecule has 1 atom stereocenters. The van der Waals surface area contributed by atoms with Crippen LogP contribution in [-0.4, -0.2) is 60.9 Å². The van der Waals surface area contributed by atoms with Gasteiger partial charge in [0.2, 0.25) is 0 Å². The zero-order valence-corrected chi connectivity index (χ0v) is 14.9. The largest absolute Gasteiger partial charge is 0.390 e. The van der Waals surface area contributed by atoms with E-state index in [9.17, 15) is 9.90 Å². The second-order valence-corrected chi connectivity index (χ2v) is 7.69. The van der Waals surface area contributed by atoms with Crippen LogP contribution in [-0.2, 0) is 4.74 Å². The minimum absolute atomic E-state index is 0.0812. The van der Waals surface area contributed by atoms with Gasteiger partial charge in [-0.1, -0.05) is 0 Å². The number of nitrogens with zero attached hydrogens (tertiary/aromatic N) is 2. The molecule has 1 aromatic rings. The summed E-state index contributed by atoms with van der Waals surface area (Å²) in [6.45, 7) is 3.86. The molecule has 1 spiro atoms. The van der Waals surface area contributed by atoms with Crippen LogP contribution in [0.4, 0.5) is 5.69 Å². The van der Waals surface area contributed by atoms with Crippen LogP contribution in [0.15, 0.2) is 24.3 Å². The molecule has 1 amide bonds. The summed E-state index contributed by atoms with van der Waals surface area (Å²) in [5.74, 6) is 0.0812. The summed E-state index contributed by atoms with van der Waals surface area (Å²) in [4.78, 5) is 16.6. The molecule has 0 aliphatic carbocycles. The Morgan fingerprint density at radius 3 is 2.33 bits per heavy atom. The van der Waals surface area contributed by atoms with Gasteiger partial charge in [-0.25, -0.2) is 0 Å². The van der Waals surface area contributed by atoms with Crippen LogP contribution in [0.1, 0.15) is 43.0 Å². The predicted octanol–water partition coefficient (Wildman–Crippen LogP) is 2.29. The van der Waals surface area contributed by atoms with Gasteiger partial charge in [-0.2, -0.15) is 0 Å². The Morgan fingerprint density at radius 2 is 1.79 bits per heavy atom. The molecule has 24 heavy (non-hydrogen) atoms. The van der Waals surface area contributed by atoms with Crippen molar-refractivity contribution in [2.24, 2.45) is 0 Å². The van der Waals surface area contributed by atoms with Gasteiger partial charge in [0.1, 0.15) is 0 Å². The van der Waals surface area contributed by atoms with Crippen molar-refractivity contribution in [3.63, 3.8) is 0 Å². The summed E-state index contributed by atoms with van der Waals surface area (Å²) in [7, 11) is 3.97. The average Bonchev–Trinajstić information content (AvgIpc) is 2.54. The Balaban J connectivity index is 1.63. The number of aliphatic hydroxyl groups is 1. The molecular formula is C19H28N2O3. The van der Waals surface area contributed by atoms with E-state index in [0.29, 0.717) is 32.5 Å². The molecule has 1 N–H and O–H groups in total. The van der Waals surface area contributed by atoms with Crippen LogP contribution in [0.2, 0.25) is 0 Å². The summed E-state index contributed by atoms with van der Waals surface area (Å²) in [6, 6.07) is 7.73. The van der Waals surface area contributed by atoms with Crippen LogP contribution < -0.4 is 4.90 Å². The molecule has 1 unspecified atom stereocenters. The molecule has 2 aliphatic heterocycles. The maximum Gasteiger partial charge on any atom is 0.253 e. The molecule has 0 radical (unpaired) electrons.